The van der Waals surface area contributed by atoms with E-state index in [1.54, 1.807) is 6.92 Å². The molecule has 0 aromatic carbocycles. The molecule has 0 saturated heterocycles. The topological polar surface area (TPSA) is 52.6 Å². The standard InChI is InChI=1S/C15H24O4/c1-7-13(19-12(6)16)9(3)15-10(4)14(17)8(2)11(5)18-15/h8-9,11,13H,7H2,1-6H3/t8-,9?,11+,13?/m1/s1. The maximum Gasteiger partial charge on any atom is 0.302 e. The van der Waals surface area contributed by atoms with Gasteiger partial charge < -0.3 is 9.47 Å². The zero-order valence-corrected chi connectivity index (χ0v) is 12.6. The normalized spacial score (nSPS) is 26.7. The summed E-state index contributed by atoms with van der Waals surface area (Å²) < 4.78 is 11.2. The summed E-state index contributed by atoms with van der Waals surface area (Å²) in [7, 11) is 0. The molecule has 0 amide bonds. The van der Waals surface area contributed by atoms with Crippen molar-refractivity contribution in [3.63, 3.8) is 0 Å². The van der Waals surface area contributed by atoms with Crippen LogP contribution in [0.3, 0.4) is 0 Å². The van der Waals surface area contributed by atoms with Gasteiger partial charge in [-0.3, -0.25) is 9.59 Å². The summed E-state index contributed by atoms with van der Waals surface area (Å²) in [5.74, 6) is 0.264. The number of hydrogen-bond donors (Lipinski definition) is 0. The molecule has 0 N–H and O–H groups in total. The van der Waals surface area contributed by atoms with Gasteiger partial charge in [0.1, 0.15) is 18.0 Å². The van der Waals surface area contributed by atoms with E-state index in [0.29, 0.717) is 17.8 Å². The van der Waals surface area contributed by atoms with Crippen LogP contribution in [-0.4, -0.2) is 24.0 Å². The lowest BCUT2D eigenvalue weighted by Gasteiger charge is -2.34. The van der Waals surface area contributed by atoms with Crippen molar-refractivity contribution in [1.82, 2.24) is 0 Å². The lowest BCUT2D eigenvalue weighted by Crippen LogP contribution is -2.36. The maximum atomic E-state index is 12.1. The van der Waals surface area contributed by atoms with Crippen LogP contribution < -0.4 is 0 Å². The molecule has 1 aliphatic rings. The van der Waals surface area contributed by atoms with Gasteiger partial charge in [-0.25, -0.2) is 0 Å². The number of esters is 1. The average molecular weight is 268 g/mol. The monoisotopic (exact) mass is 268 g/mol. The van der Waals surface area contributed by atoms with E-state index in [9.17, 15) is 9.59 Å². The van der Waals surface area contributed by atoms with Gasteiger partial charge >= 0.3 is 5.97 Å². The lowest BCUT2D eigenvalue weighted by molar-refractivity contribution is -0.149. The van der Waals surface area contributed by atoms with Gasteiger partial charge in [-0.1, -0.05) is 20.8 Å². The Bertz CT molecular complexity index is 397. The van der Waals surface area contributed by atoms with E-state index in [1.807, 2.05) is 27.7 Å². The van der Waals surface area contributed by atoms with Crippen molar-refractivity contribution in [2.45, 2.75) is 60.2 Å². The number of rotatable bonds is 4. The smallest absolute Gasteiger partial charge is 0.302 e. The summed E-state index contributed by atoms with van der Waals surface area (Å²) in [6.45, 7) is 10.9. The predicted molar refractivity (Wildman–Crippen MR) is 72.4 cm³/mol. The first-order chi connectivity index (χ1) is 8.79. The van der Waals surface area contributed by atoms with Gasteiger partial charge in [0.15, 0.2) is 5.78 Å². The second-order valence-electron chi connectivity index (χ2n) is 5.31. The predicted octanol–water partition coefficient (Wildman–Crippen LogP) is 2.86. The summed E-state index contributed by atoms with van der Waals surface area (Å²) in [5, 5.41) is 0. The summed E-state index contributed by atoms with van der Waals surface area (Å²) in [6, 6.07) is 0. The van der Waals surface area contributed by atoms with Gasteiger partial charge in [0.05, 0.1) is 11.8 Å². The van der Waals surface area contributed by atoms with Crippen molar-refractivity contribution >= 4 is 11.8 Å². The van der Waals surface area contributed by atoms with Crippen molar-refractivity contribution in [3.05, 3.63) is 11.3 Å². The fourth-order valence-corrected chi connectivity index (χ4v) is 2.44. The fraction of sp³-hybridized carbons (Fsp3) is 0.733. The Kier molecular flexibility index (Phi) is 5.15. The molecule has 4 nitrogen and oxygen atoms in total. The molecule has 2 unspecified atom stereocenters. The van der Waals surface area contributed by atoms with Crippen molar-refractivity contribution < 1.29 is 19.1 Å². The quantitative estimate of drug-likeness (QED) is 0.736. The van der Waals surface area contributed by atoms with Gasteiger partial charge in [-0.2, -0.15) is 0 Å². The first-order valence-electron chi connectivity index (χ1n) is 6.88. The first kappa shape index (κ1) is 15.7. The van der Waals surface area contributed by atoms with Crippen molar-refractivity contribution in [2.24, 2.45) is 11.8 Å². The first-order valence-corrected chi connectivity index (χ1v) is 6.88. The lowest BCUT2D eigenvalue weighted by atomic mass is 9.87. The van der Waals surface area contributed by atoms with Crippen LogP contribution in [0.2, 0.25) is 0 Å². The third kappa shape index (κ3) is 3.37. The van der Waals surface area contributed by atoms with E-state index in [4.69, 9.17) is 9.47 Å². The molecule has 0 spiro atoms. The van der Waals surface area contributed by atoms with Gasteiger partial charge in [0.25, 0.3) is 0 Å². The van der Waals surface area contributed by atoms with Crippen LogP contribution in [0.25, 0.3) is 0 Å². The maximum absolute atomic E-state index is 12.1. The summed E-state index contributed by atoms with van der Waals surface area (Å²) in [5.41, 5.74) is 0.656. The Balaban J connectivity index is 2.99. The number of hydrogen-bond acceptors (Lipinski definition) is 4. The summed E-state index contributed by atoms with van der Waals surface area (Å²) in [4.78, 5) is 23.3. The molecule has 19 heavy (non-hydrogen) atoms. The van der Waals surface area contributed by atoms with E-state index in [2.05, 4.69) is 0 Å². The Hall–Kier alpha value is -1.32. The molecule has 1 rings (SSSR count). The number of carbonyl (C=O) groups excluding carboxylic acids is 2. The SMILES string of the molecule is CCC(OC(C)=O)C(C)C1=C(C)C(=O)[C@H](C)[C@H](C)O1. The molecule has 4 heteroatoms. The Labute approximate surface area is 115 Å². The average Bonchev–Trinajstić information content (AvgIpc) is 2.36. The van der Waals surface area contributed by atoms with E-state index >= 15 is 0 Å². The minimum absolute atomic E-state index is 0.104. The van der Waals surface area contributed by atoms with Crippen LogP contribution in [0.5, 0.6) is 0 Å². The van der Waals surface area contributed by atoms with Gasteiger partial charge in [-0.05, 0) is 20.3 Å². The van der Waals surface area contributed by atoms with Gasteiger partial charge in [0, 0.05) is 12.5 Å². The van der Waals surface area contributed by atoms with Crippen LogP contribution in [0.15, 0.2) is 11.3 Å². The number of allylic oxidation sites excluding steroid dienone is 1. The number of Topliss-reactive ketones (excluding diaryl/α,β-unsaturated/α-hetero) is 1. The summed E-state index contributed by atoms with van der Waals surface area (Å²) >= 11 is 0. The molecule has 4 atom stereocenters. The summed E-state index contributed by atoms with van der Waals surface area (Å²) in [6.07, 6.45) is 0.304. The third-order valence-electron chi connectivity index (χ3n) is 3.86. The zero-order valence-electron chi connectivity index (χ0n) is 12.6. The third-order valence-corrected chi connectivity index (χ3v) is 3.86. The van der Waals surface area contributed by atoms with Crippen LogP contribution in [0.1, 0.15) is 48.0 Å². The Morgan fingerprint density at radius 3 is 2.47 bits per heavy atom. The molecule has 0 aliphatic carbocycles. The van der Waals surface area contributed by atoms with Crippen molar-refractivity contribution in [3.8, 4) is 0 Å². The highest BCUT2D eigenvalue weighted by atomic mass is 16.5. The van der Waals surface area contributed by atoms with Gasteiger partial charge in [0.2, 0.25) is 0 Å². The molecule has 0 bridgehead atoms. The molecule has 1 aliphatic heterocycles. The van der Waals surface area contributed by atoms with E-state index in [1.165, 1.54) is 6.92 Å². The van der Waals surface area contributed by atoms with Crippen LogP contribution in [0.4, 0.5) is 0 Å². The molecule has 108 valence electrons. The zero-order chi connectivity index (χ0) is 14.7. The van der Waals surface area contributed by atoms with E-state index in [-0.39, 0.29) is 35.8 Å². The highest BCUT2D eigenvalue weighted by Gasteiger charge is 2.35. The largest absolute Gasteiger partial charge is 0.493 e. The van der Waals surface area contributed by atoms with Crippen LogP contribution >= 0.6 is 0 Å². The molecule has 0 radical (unpaired) electrons. The van der Waals surface area contributed by atoms with Crippen LogP contribution in [0, 0.1) is 11.8 Å². The number of ether oxygens (including phenoxy) is 2. The molecule has 0 fully saturated rings. The van der Waals surface area contributed by atoms with Crippen molar-refractivity contribution in [2.75, 3.05) is 0 Å². The highest BCUT2D eigenvalue weighted by molar-refractivity contribution is 5.97. The molecule has 1 heterocycles. The second kappa shape index (κ2) is 6.22. The molecule has 0 saturated carbocycles. The molecule has 0 aromatic rings. The molecular weight excluding hydrogens is 244 g/mol. The fourth-order valence-electron chi connectivity index (χ4n) is 2.44. The number of ketones is 1. The Morgan fingerprint density at radius 1 is 1.42 bits per heavy atom. The highest BCUT2D eigenvalue weighted by Crippen LogP contribution is 2.32. The van der Waals surface area contributed by atoms with Crippen molar-refractivity contribution in [1.29, 1.82) is 0 Å². The molecule has 0 aromatic heterocycles. The molecular formula is C15H24O4. The number of carbonyl (C=O) groups is 2. The minimum Gasteiger partial charge on any atom is -0.493 e. The van der Waals surface area contributed by atoms with E-state index < -0.39 is 0 Å². The second-order valence-corrected chi connectivity index (χ2v) is 5.31. The van der Waals surface area contributed by atoms with Gasteiger partial charge in [-0.15, -0.1) is 0 Å². The Morgan fingerprint density at radius 2 is 2.00 bits per heavy atom. The minimum atomic E-state index is -0.305. The van der Waals surface area contributed by atoms with Crippen LogP contribution in [-0.2, 0) is 19.1 Å². The van der Waals surface area contributed by atoms with E-state index in [0.717, 1.165) is 0 Å².